The molecule has 3 unspecified atom stereocenters. The fourth-order valence-corrected chi connectivity index (χ4v) is 4.13. The zero-order valence-corrected chi connectivity index (χ0v) is 12.9. The molecule has 1 N–H and O–H groups in total. The first-order chi connectivity index (χ1) is 8.60. The molecule has 18 heavy (non-hydrogen) atoms. The first kappa shape index (κ1) is 14.0. The van der Waals surface area contributed by atoms with E-state index in [0.717, 1.165) is 18.4 Å². The topological polar surface area (TPSA) is 24.9 Å². The van der Waals surface area contributed by atoms with E-state index in [-0.39, 0.29) is 0 Å². The molecule has 1 heterocycles. The van der Waals surface area contributed by atoms with Crippen molar-refractivity contribution in [3.8, 4) is 0 Å². The number of thiazole rings is 1. The maximum Gasteiger partial charge on any atom is 0.0934 e. The van der Waals surface area contributed by atoms with E-state index in [0.29, 0.717) is 6.04 Å². The predicted molar refractivity (Wildman–Crippen MR) is 79.3 cm³/mol. The lowest BCUT2D eigenvalue weighted by Gasteiger charge is -2.35. The molecule has 0 spiro atoms. The van der Waals surface area contributed by atoms with E-state index in [9.17, 15) is 0 Å². The Morgan fingerprint density at radius 1 is 1.33 bits per heavy atom. The first-order valence-corrected chi connectivity index (χ1v) is 8.08. The highest BCUT2D eigenvalue weighted by Gasteiger charge is 2.28. The van der Waals surface area contributed by atoms with Crippen LogP contribution < -0.4 is 5.32 Å². The average molecular weight is 266 g/mol. The van der Waals surface area contributed by atoms with Crippen LogP contribution in [0.3, 0.4) is 0 Å². The van der Waals surface area contributed by atoms with Crippen molar-refractivity contribution in [3.63, 3.8) is 0 Å². The highest BCUT2D eigenvalue weighted by molar-refractivity contribution is 7.11. The Morgan fingerprint density at radius 2 is 2.11 bits per heavy atom. The van der Waals surface area contributed by atoms with Crippen LogP contribution in [0.5, 0.6) is 0 Å². The molecular weight excluding hydrogens is 240 g/mol. The van der Waals surface area contributed by atoms with E-state index in [4.69, 9.17) is 4.98 Å². The van der Waals surface area contributed by atoms with Gasteiger partial charge in [-0.1, -0.05) is 13.8 Å². The van der Waals surface area contributed by atoms with Crippen LogP contribution in [0.1, 0.15) is 48.7 Å². The van der Waals surface area contributed by atoms with Crippen LogP contribution >= 0.6 is 11.3 Å². The monoisotopic (exact) mass is 266 g/mol. The third kappa shape index (κ3) is 3.33. The van der Waals surface area contributed by atoms with E-state index in [1.807, 2.05) is 11.3 Å². The molecule has 3 heteroatoms. The Balaban J connectivity index is 2.03. The Morgan fingerprint density at radius 3 is 2.72 bits per heavy atom. The van der Waals surface area contributed by atoms with Crippen molar-refractivity contribution in [3.05, 3.63) is 15.6 Å². The normalized spacial score (nSPS) is 28.6. The van der Waals surface area contributed by atoms with Crippen LogP contribution in [0.2, 0.25) is 0 Å². The van der Waals surface area contributed by atoms with Crippen LogP contribution in [0, 0.1) is 25.7 Å². The van der Waals surface area contributed by atoms with Gasteiger partial charge in [0, 0.05) is 17.3 Å². The van der Waals surface area contributed by atoms with Gasteiger partial charge in [0.05, 0.1) is 10.7 Å². The lowest BCUT2D eigenvalue weighted by Crippen LogP contribution is -2.41. The first-order valence-electron chi connectivity index (χ1n) is 7.26. The summed E-state index contributed by atoms with van der Waals surface area (Å²) in [5.74, 6) is 1.66. The minimum absolute atomic E-state index is 0.704. The highest BCUT2D eigenvalue weighted by Crippen LogP contribution is 2.32. The standard InChI is InChI=1S/C15H26N2S/c1-5-16-14-7-6-10(2)8-13(14)9-15-17-11(3)12(4)18-15/h10,13-14,16H,5-9H2,1-4H3. The van der Waals surface area contributed by atoms with Gasteiger partial charge in [-0.3, -0.25) is 0 Å². The lowest BCUT2D eigenvalue weighted by atomic mass is 9.77. The molecule has 2 nitrogen and oxygen atoms in total. The minimum atomic E-state index is 0.704. The fraction of sp³-hybridized carbons (Fsp3) is 0.800. The van der Waals surface area contributed by atoms with Gasteiger partial charge in [0.25, 0.3) is 0 Å². The SMILES string of the molecule is CCNC1CCC(C)CC1Cc1nc(C)c(C)s1. The average Bonchev–Trinajstić information content (AvgIpc) is 2.62. The molecule has 0 aliphatic heterocycles. The summed E-state index contributed by atoms with van der Waals surface area (Å²) < 4.78 is 0. The van der Waals surface area contributed by atoms with E-state index < -0.39 is 0 Å². The van der Waals surface area contributed by atoms with Gasteiger partial charge in [0.2, 0.25) is 0 Å². The van der Waals surface area contributed by atoms with Gasteiger partial charge >= 0.3 is 0 Å². The molecular formula is C15H26N2S. The summed E-state index contributed by atoms with van der Waals surface area (Å²) >= 11 is 1.89. The number of nitrogens with one attached hydrogen (secondary N) is 1. The number of aromatic nitrogens is 1. The summed E-state index contributed by atoms with van der Waals surface area (Å²) in [7, 11) is 0. The zero-order valence-electron chi connectivity index (χ0n) is 12.1. The van der Waals surface area contributed by atoms with Crippen LogP contribution in [-0.4, -0.2) is 17.6 Å². The highest BCUT2D eigenvalue weighted by atomic mass is 32.1. The smallest absolute Gasteiger partial charge is 0.0934 e. The molecule has 1 aliphatic rings. The van der Waals surface area contributed by atoms with Crippen molar-refractivity contribution < 1.29 is 0 Å². The molecule has 0 bridgehead atoms. The van der Waals surface area contributed by atoms with Crippen LogP contribution in [0.4, 0.5) is 0 Å². The van der Waals surface area contributed by atoms with Gasteiger partial charge in [-0.25, -0.2) is 4.98 Å². The number of hydrogen-bond acceptors (Lipinski definition) is 3. The Hall–Kier alpha value is -0.410. The minimum Gasteiger partial charge on any atom is -0.314 e. The van der Waals surface area contributed by atoms with Gasteiger partial charge < -0.3 is 5.32 Å². The third-order valence-corrected chi connectivity index (χ3v) is 5.32. The number of aryl methyl sites for hydroxylation is 2. The Kier molecular flexibility index (Phi) is 4.79. The van der Waals surface area contributed by atoms with Crippen molar-refractivity contribution in [1.29, 1.82) is 0 Å². The largest absolute Gasteiger partial charge is 0.314 e. The number of hydrogen-bond donors (Lipinski definition) is 1. The summed E-state index contributed by atoms with van der Waals surface area (Å²) in [4.78, 5) is 6.10. The number of nitrogens with zero attached hydrogens (tertiary/aromatic N) is 1. The van der Waals surface area contributed by atoms with Crippen LogP contribution in [-0.2, 0) is 6.42 Å². The summed E-state index contributed by atoms with van der Waals surface area (Å²) in [5.41, 5.74) is 1.22. The van der Waals surface area contributed by atoms with Crippen molar-refractivity contribution in [2.75, 3.05) is 6.54 Å². The van der Waals surface area contributed by atoms with Gasteiger partial charge in [0.15, 0.2) is 0 Å². The number of rotatable bonds is 4. The molecule has 0 radical (unpaired) electrons. The summed E-state index contributed by atoms with van der Waals surface area (Å²) in [6.45, 7) is 10.0. The maximum atomic E-state index is 4.71. The fourth-order valence-electron chi connectivity index (χ4n) is 3.11. The molecule has 102 valence electrons. The predicted octanol–water partition coefficient (Wildman–Crippen LogP) is 3.72. The van der Waals surface area contributed by atoms with E-state index in [1.54, 1.807) is 0 Å². The lowest BCUT2D eigenvalue weighted by molar-refractivity contribution is 0.214. The van der Waals surface area contributed by atoms with Gasteiger partial charge in [-0.15, -0.1) is 11.3 Å². The van der Waals surface area contributed by atoms with E-state index in [1.165, 1.54) is 41.3 Å². The third-order valence-electron chi connectivity index (χ3n) is 4.22. The summed E-state index contributed by atoms with van der Waals surface area (Å²) in [5, 5.41) is 5.01. The molecule has 1 aliphatic carbocycles. The quantitative estimate of drug-likeness (QED) is 0.898. The van der Waals surface area contributed by atoms with Gasteiger partial charge in [-0.05, 0) is 51.5 Å². The van der Waals surface area contributed by atoms with Crippen molar-refractivity contribution in [1.82, 2.24) is 10.3 Å². The molecule has 1 aromatic heterocycles. The summed E-state index contributed by atoms with van der Waals surface area (Å²) in [6.07, 6.45) is 5.24. The summed E-state index contributed by atoms with van der Waals surface area (Å²) in [6, 6.07) is 0.704. The second-order valence-corrected chi connectivity index (χ2v) is 7.08. The molecule has 2 rings (SSSR count). The van der Waals surface area contributed by atoms with E-state index in [2.05, 4.69) is 33.0 Å². The van der Waals surface area contributed by atoms with Gasteiger partial charge in [-0.2, -0.15) is 0 Å². The maximum absolute atomic E-state index is 4.71. The molecule has 0 amide bonds. The Bertz CT molecular complexity index is 366. The van der Waals surface area contributed by atoms with E-state index >= 15 is 0 Å². The second-order valence-electron chi connectivity index (χ2n) is 5.80. The van der Waals surface area contributed by atoms with Crippen molar-refractivity contribution in [2.45, 2.75) is 59.4 Å². The van der Waals surface area contributed by atoms with Crippen molar-refractivity contribution in [2.24, 2.45) is 11.8 Å². The van der Waals surface area contributed by atoms with Gasteiger partial charge in [0.1, 0.15) is 0 Å². The molecule has 1 aromatic rings. The van der Waals surface area contributed by atoms with Crippen LogP contribution in [0.15, 0.2) is 0 Å². The molecule has 1 fully saturated rings. The molecule has 0 saturated heterocycles. The van der Waals surface area contributed by atoms with Crippen LogP contribution in [0.25, 0.3) is 0 Å². The molecule has 3 atom stereocenters. The van der Waals surface area contributed by atoms with Crippen molar-refractivity contribution >= 4 is 11.3 Å². The zero-order chi connectivity index (χ0) is 13.1. The second kappa shape index (κ2) is 6.16. The Labute approximate surface area is 115 Å². The molecule has 0 aromatic carbocycles. The molecule has 1 saturated carbocycles.